The maximum absolute atomic E-state index is 12.7. The average molecular weight is 446 g/mol. The Hall–Kier alpha value is -3.87. The lowest BCUT2D eigenvalue weighted by molar-refractivity contribution is 0.0519. The van der Waals surface area contributed by atoms with Crippen LogP contribution in [-0.4, -0.2) is 47.7 Å². The monoisotopic (exact) mass is 445 g/mol. The van der Waals surface area contributed by atoms with E-state index >= 15 is 0 Å². The Balaban J connectivity index is 1.29. The number of hydrogen-bond donors (Lipinski definition) is 2. The van der Waals surface area contributed by atoms with Crippen molar-refractivity contribution in [3.8, 4) is 16.9 Å². The topological polar surface area (TPSA) is 91.8 Å². The highest BCUT2D eigenvalue weighted by atomic mass is 16.5. The van der Waals surface area contributed by atoms with Crippen molar-refractivity contribution in [3.05, 3.63) is 78.1 Å². The molecule has 33 heavy (non-hydrogen) atoms. The van der Waals surface area contributed by atoms with Crippen molar-refractivity contribution < 1.29 is 19.4 Å². The summed E-state index contributed by atoms with van der Waals surface area (Å²) in [5, 5.41) is 12.6. The number of phenolic OH excluding ortho intramolecular Hbond substituents is 1. The van der Waals surface area contributed by atoms with Crippen LogP contribution in [-0.2, 0) is 4.74 Å². The van der Waals surface area contributed by atoms with Crippen molar-refractivity contribution in [1.29, 1.82) is 0 Å². The van der Waals surface area contributed by atoms with Gasteiger partial charge in [-0.15, -0.1) is 0 Å². The third-order valence-electron chi connectivity index (χ3n) is 5.78. The molecule has 2 heterocycles. The summed E-state index contributed by atoms with van der Waals surface area (Å²) >= 11 is 0. The molecule has 0 atom stereocenters. The van der Waals surface area contributed by atoms with Crippen LogP contribution in [0, 0.1) is 0 Å². The Morgan fingerprint density at radius 2 is 1.64 bits per heavy atom. The molecule has 0 radical (unpaired) electrons. The molecule has 1 fully saturated rings. The first-order chi connectivity index (χ1) is 16.0. The van der Waals surface area contributed by atoms with Crippen LogP contribution >= 0.6 is 0 Å². The van der Waals surface area contributed by atoms with Gasteiger partial charge in [0.15, 0.2) is 0 Å². The standard InChI is InChI=1S/C26H27N3O4/c1-2-33-26(32)24-12-9-22(17-27-24)29-15-13-21(14-16-29)28-25(31)20-5-3-18(4-6-20)19-7-10-23(30)11-8-19/h3-12,17,21,30H,2,13-16H2,1H3,(H,28,31). The number of nitrogens with one attached hydrogen (secondary N) is 1. The largest absolute Gasteiger partial charge is 0.508 e. The van der Waals surface area contributed by atoms with Crippen LogP contribution < -0.4 is 10.2 Å². The van der Waals surface area contributed by atoms with E-state index in [1.54, 1.807) is 31.3 Å². The second-order valence-electron chi connectivity index (χ2n) is 7.98. The van der Waals surface area contributed by atoms with E-state index in [9.17, 15) is 14.7 Å². The van der Waals surface area contributed by atoms with Crippen LogP contribution in [0.25, 0.3) is 11.1 Å². The van der Waals surface area contributed by atoms with Crippen LogP contribution in [0.15, 0.2) is 66.9 Å². The van der Waals surface area contributed by atoms with Gasteiger partial charge >= 0.3 is 5.97 Å². The zero-order chi connectivity index (χ0) is 23.2. The summed E-state index contributed by atoms with van der Waals surface area (Å²) < 4.78 is 4.97. The minimum atomic E-state index is -0.415. The van der Waals surface area contributed by atoms with E-state index in [0.29, 0.717) is 17.9 Å². The summed E-state index contributed by atoms with van der Waals surface area (Å²) in [6.07, 6.45) is 3.36. The fourth-order valence-corrected chi connectivity index (χ4v) is 3.92. The van der Waals surface area contributed by atoms with Crippen molar-refractivity contribution in [2.75, 3.05) is 24.6 Å². The Kier molecular flexibility index (Phi) is 6.88. The summed E-state index contributed by atoms with van der Waals surface area (Å²) in [5.41, 5.74) is 3.86. The van der Waals surface area contributed by atoms with Gasteiger partial charge in [0, 0.05) is 24.7 Å². The molecule has 0 saturated carbocycles. The number of rotatable bonds is 6. The number of nitrogens with zero attached hydrogens (tertiary/aromatic N) is 2. The van der Waals surface area contributed by atoms with Gasteiger partial charge < -0.3 is 20.1 Å². The molecule has 0 bridgehead atoms. The zero-order valence-electron chi connectivity index (χ0n) is 18.5. The molecular formula is C26H27N3O4. The van der Waals surface area contributed by atoms with Gasteiger partial charge in [0.2, 0.25) is 0 Å². The Morgan fingerprint density at radius 1 is 1.00 bits per heavy atom. The number of hydrogen-bond acceptors (Lipinski definition) is 6. The van der Waals surface area contributed by atoms with E-state index in [-0.39, 0.29) is 17.7 Å². The first-order valence-corrected chi connectivity index (χ1v) is 11.1. The van der Waals surface area contributed by atoms with Crippen molar-refractivity contribution in [3.63, 3.8) is 0 Å². The third kappa shape index (κ3) is 5.49. The molecule has 0 spiro atoms. The minimum Gasteiger partial charge on any atom is -0.508 e. The smallest absolute Gasteiger partial charge is 0.356 e. The van der Waals surface area contributed by atoms with E-state index in [0.717, 1.165) is 42.7 Å². The van der Waals surface area contributed by atoms with E-state index in [1.807, 2.05) is 42.5 Å². The lowest BCUT2D eigenvalue weighted by Crippen LogP contribution is -2.44. The fraction of sp³-hybridized carbons (Fsp3) is 0.269. The molecule has 1 aliphatic heterocycles. The number of piperidine rings is 1. The van der Waals surface area contributed by atoms with E-state index in [1.165, 1.54) is 0 Å². The number of amides is 1. The highest BCUT2D eigenvalue weighted by Gasteiger charge is 2.22. The van der Waals surface area contributed by atoms with Gasteiger partial charge in [0.05, 0.1) is 18.5 Å². The average Bonchev–Trinajstić information content (AvgIpc) is 2.85. The lowest BCUT2D eigenvalue weighted by Gasteiger charge is -2.33. The zero-order valence-corrected chi connectivity index (χ0v) is 18.5. The normalized spacial score (nSPS) is 14.0. The predicted octanol–water partition coefficient (Wildman–Crippen LogP) is 4.03. The molecule has 1 aliphatic rings. The number of aromatic hydroxyl groups is 1. The van der Waals surface area contributed by atoms with Crippen LogP contribution in [0.2, 0.25) is 0 Å². The van der Waals surface area contributed by atoms with Gasteiger partial charge in [-0.05, 0) is 67.3 Å². The Bertz CT molecular complexity index is 1090. The number of benzene rings is 2. The number of anilines is 1. The van der Waals surface area contributed by atoms with Crippen LogP contribution in [0.5, 0.6) is 5.75 Å². The second-order valence-corrected chi connectivity index (χ2v) is 7.98. The van der Waals surface area contributed by atoms with Crippen LogP contribution in [0.4, 0.5) is 5.69 Å². The molecule has 3 aromatic rings. The highest BCUT2D eigenvalue weighted by molar-refractivity contribution is 5.95. The maximum atomic E-state index is 12.7. The number of ether oxygens (including phenoxy) is 1. The molecule has 2 N–H and O–H groups in total. The van der Waals surface area contributed by atoms with Gasteiger partial charge in [-0.3, -0.25) is 4.79 Å². The van der Waals surface area contributed by atoms with Crippen molar-refractivity contribution in [2.45, 2.75) is 25.8 Å². The van der Waals surface area contributed by atoms with E-state index in [2.05, 4.69) is 15.2 Å². The minimum absolute atomic E-state index is 0.0776. The molecular weight excluding hydrogens is 418 g/mol. The van der Waals surface area contributed by atoms with E-state index in [4.69, 9.17) is 4.74 Å². The van der Waals surface area contributed by atoms with Crippen molar-refractivity contribution in [1.82, 2.24) is 10.3 Å². The molecule has 7 heteroatoms. The second kappa shape index (κ2) is 10.2. The molecule has 1 amide bonds. The number of phenols is 1. The van der Waals surface area contributed by atoms with Gasteiger partial charge in [-0.2, -0.15) is 0 Å². The maximum Gasteiger partial charge on any atom is 0.356 e. The summed E-state index contributed by atoms with van der Waals surface area (Å²) in [5.74, 6) is -0.265. The quantitative estimate of drug-likeness (QED) is 0.557. The Morgan fingerprint density at radius 3 is 2.21 bits per heavy atom. The molecule has 0 aliphatic carbocycles. The summed E-state index contributed by atoms with van der Waals surface area (Å²) in [6, 6.07) is 18.1. The van der Waals surface area contributed by atoms with Crippen LogP contribution in [0.3, 0.4) is 0 Å². The highest BCUT2D eigenvalue weighted by Crippen LogP contribution is 2.23. The molecule has 2 aromatic carbocycles. The molecule has 4 rings (SSSR count). The van der Waals surface area contributed by atoms with Crippen molar-refractivity contribution in [2.24, 2.45) is 0 Å². The van der Waals surface area contributed by atoms with Gasteiger partial charge in [0.1, 0.15) is 11.4 Å². The fourth-order valence-electron chi connectivity index (χ4n) is 3.92. The predicted molar refractivity (Wildman–Crippen MR) is 126 cm³/mol. The molecule has 170 valence electrons. The number of esters is 1. The number of pyridine rings is 1. The van der Waals surface area contributed by atoms with E-state index < -0.39 is 5.97 Å². The lowest BCUT2D eigenvalue weighted by atomic mass is 10.0. The molecule has 1 saturated heterocycles. The SMILES string of the molecule is CCOC(=O)c1ccc(N2CCC(NC(=O)c3ccc(-c4ccc(O)cc4)cc3)CC2)cn1. The Labute approximate surface area is 193 Å². The molecule has 0 unspecified atom stereocenters. The summed E-state index contributed by atoms with van der Waals surface area (Å²) in [6.45, 7) is 3.68. The number of carbonyl (C=O) groups is 2. The summed E-state index contributed by atoms with van der Waals surface area (Å²) in [4.78, 5) is 30.9. The number of aromatic nitrogens is 1. The van der Waals surface area contributed by atoms with Gasteiger partial charge in [-0.25, -0.2) is 9.78 Å². The molecule has 7 nitrogen and oxygen atoms in total. The summed E-state index contributed by atoms with van der Waals surface area (Å²) in [7, 11) is 0. The van der Waals surface area contributed by atoms with Gasteiger partial charge in [-0.1, -0.05) is 24.3 Å². The van der Waals surface area contributed by atoms with Crippen LogP contribution in [0.1, 0.15) is 40.6 Å². The first kappa shape index (κ1) is 22.3. The molecule has 1 aromatic heterocycles. The third-order valence-corrected chi connectivity index (χ3v) is 5.78. The van der Waals surface area contributed by atoms with Gasteiger partial charge in [0.25, 0.3) is 5.91 Å². The number of carbonyl (C=O) groups excluding carboxylic acids is 2. The first-order valence-electron chi connectivity index (χ1n) is 11.1. The van der Waals surface area contributed by atoms with Crippen molar-refractivity contribution >= 4 is 17.6 Å².